The first-order valence-electron chi connectivity index (χ1n) is 9.65. The number of nitrogens with one attached hydrogen (secondary N) is 1. The number of anilines is 1. The Balaban J connectivity index is 1.90. The van der Waals surface area contributed by atoms with Crippen LogP contribution in [0.1, 0.15) is 22.5 Å². The second-order valence-electron chi connectivity index (χ2n) is 6.85. The Morgan fingerprint density at radius 2 is 2.19 bits per heavy atom. The van der Waals surface area contributed by atoms with Gasteiger partial charge >= 0.3 is 5.97 Å². The lowest BCUT2D eigenvalue weighted by molar-refractivity contribution is -0.134. The van der Waals surface area contributed by atoms with Gasteiger partial charge in [-0.1, -0.05) is 0 Å². The molecule has 1 saturated heterocycles. The van der Waals surface area contributed by atoms with E-state index in [-0.39, 0.29) is 41.9 Å². The number of aryl methyl sites for hydroxylation is 1. The van der Waals surface area contributed by atoms with E-state index in [0.29, 0.717) is 25.2 Å². The van der Waals surface area contributed by atoms with Crippen LogP contribution in [0.3, 0.4) is 0 Å². The largest absolute Gasteiger partial charge is 0.480 e. The zero-order valence-corrected chi connectivity index (χ0v) is 18.4. The molecule has 3 heterocycles. The predicted molar refractivity (Wildman–Crippen MR) is 114 cm³/mol. The van der Waals surface area contributed by atoms with Crippen molar-refractivity contribution in [2.75, 3.05) is 51.2 Å². The topological polar surface area (TPSA) is 140 Å². The molecule has 1 amide bonds. The number of methoxy groups -OCH3 is 2. The molecule has 1 aliphatic heterocycles. The second kappa shape index (κ2) is 10.4. The summed E-state index contributed by atoms with van der Waals surface area (Å²) in [5.41, 5.74) is 1.38. The van der Waals surface area contributed by atoms with E-state index in [1.807, 2.05) is 6.26 Å². The van der Waals surface area contributed by atoms with Crippen molar-refractivity contribution in [2.45, 2.75) is 18.9 Å². The van der Waals surface area contributed by atoms with Gasteiger partial charge in [-0.2, -0.15) is 16.7 Å². The summed E-state index contributed by atoms with van der Waals surface area (Å²) in [6.07, 6.45) is 3.42. The van der Waals surface area contributed by atoms with Gasteiger partial charge < -0.3 is 29.2 Å². The fraction of sp³-hybridized carbons (Fsp3) is 0.526. The minimum absolute atomic E-state index is 0.0312. The third-order valence-corrected chi connectivity index (χ3v) is 5.44. The number of aromatic nitrogens is 3. The second-order valence-corrected chi connectivity index (χ2v) is 7.83. The minimum atomic E-state index is -1.05. The van der Waals surface area contributed by atoms with Crippen LogP contribution in [-0.2, 0) is 16.0 Å². The third-order valence-electron chi connectivity index (χ3n) is 4.83. The highest BCUT2D eigenvalue weighted by Gasteiger charge is 2.29. The average Bonchev–Trinajstić information content (AvgIpc) is 3.42. The maximum Gasteiger partial charge on any atom is 0.322 e. The number of ether oxygens (including phenoxy) is 2. The summed E-state index contributed by atoms with van der Waals surface area (Å²) in [6, 6.07) is 1.71. The maximum absolute atomic E-state index is 12.9. The van der Waals surface area contributed by atoms with Gasteiger partial charge in [-0.3, -0.25) is 9.59 Å². The lowest BCUT2D eigenvalue weighted by Crippen LogP contribution is -2.31. The number of hydrogen-bond acceptors (Lipinski definition) is 10. The molecular weight excluding hydrogens is 426 g/mol. The molecule has 31 heavy (non-hydrogen) atoms. The summed E-state index contributed by atoms with van der Waals surface area (Å²) in [4.78, 5) is 29.7. The first-order chi connectivity index (χ1) is 15.0. The lowest BCUT2D eigenvalue weighted by atomic mass is 10.1. The fourth-order valence-electron chi connectivity index (χ4n) is 3.20. The van der Waals surface area contributed by atoms with Crippen molar-refractivity contribution < 1.29 is 28.6 Å². The van der Waals surface area contributed by atoms with E-state index in [4.69, 9.17) is 19.0 Å². The van der Waals surface area contributed by atoms with Crippen LogP contribution in [0, 0.1) is 0 Å². The first-order valence-corrected chi connectivity index (χ1v) is 11.0. The van der Waals surface area contributed by atoms with Crippen molar-refractivity contribution in [3.05, 3.63) is 17.3 Å². The number of nitrogens with zero attached hydrogens (tertiary/aromatic N) is 4. The molecule has 0 bridgehead atoms. The van der Waals surface area contributed by atoms with Crippen molar-refractivity contribution >= 4 is 29.5 Å². The number of rotatable bonds is 10. The van der Waals surface area contributed by atoms with E-state index in [1.54, 1.807) is 29.8 Å². The highest BCUT2D eigenvalue weighted by Crippen LogP contribution is 2.32. The average molecular weight is 452 g/mol. The number of carbonyl (C=O) groups excluding carboxylic acids is 1. The summed E-state index contributed by atoms with van der Waals surface area (Å²) in [7, 11) is 3.04. The highest BCUT2D eigenvalue weighted by atomic mass is 32.2. The summed E-state index contributed by atoms with van der Waals surface area (Å²) in [5, 5.41) is 19.8. The SMILES string of the molecule is COc1nc(-c2nnc(C(=O)N3CCC(OC)C3)cc2CCSC)oc1NCC(=O)O. The monoisotopic (exact) mass is 451 g/mol. The maximum atomic E-state index is 12.9. The summed E-state index contributed by atoms with van der Waals surface area (Å²) >= 11 is 1.65. The van der Waals surface area contributed by atoms with Gasteiger partial charge in [-0.05, 0) is 36.5 Å². The minimum Gasteiger partial charge on any atom is -0.480 e. The van der Waals surface area contributed by atoms with Crippen LogP contribution in [-0.4, -0.2) is 89.0 Å². The Labute approximate surface area is 183 Å². The number of carbonyl (C=O) groups is 2. The summed E-state index contributed by atoms with van der Waals surface area (Å²) in [6.45, 7) is 0.770. The van der Waals surface area contributed by atoms with Gasteiger partial charge in [0.1, 0.15) is 6.54 Å². The van der Waals surface area contributed by atoms with E-state index >= 15 is 0 Å². The Morgan fingerprint density at radius 3 is 2.84 bits per heavy atom. The molecule has 1 fully saturated rings. The van der Waals surface area contributed by atoms with Crippen molar-refractivity contribution in [3.8, 4) is 17.5 Å². The Kier molecular flexibility index (Phi) is 7.69. The van der Waals surface area contributed by atoms with Crippen LogP contribution in [0.5, 0.6) is 5.88 Å². The molecular formula is C19H25N5O6S. The first kappa shape index (κ1) is 22.8. The molecule has 0 aromatic carbocycles. The highest BCUT2D eigenvalue weighted by molar-refractivity contribution is 7.98. The zero-order chi connectivity index (χ0) is 22.4. The molecule has 2 aromatic heterocycles. The third kappa shape index (κ3) is 5.44. The Bertz CT molecular complexity index is 937. The van der Waals surface area contributed by atoms with Gasteiger partial charge in [0.2, 0.25) is 0 Å². The molecule has 3 rings (SSSR count). The number of carboxylic acids is 1. The van der Waals surface area contributed by atoms with Crippen molar-refractivity contribution in [1.82, 2.24) is 20.1 Å². The van der Waals surface area contributed by atoms with Crippen molar-refractivity contribution in [2.24, 2.45) is 0 Å². The molecule has 12 heteroatoms. The van der Waals surface area contributed by atoms with Crippen LogP contribution < -0.4 is 10.1 Å². The van der Waals surface area contributed by atoms with Crippen LogP contribution in [0.4, 0.5) is 5.88 Å². The van der Waals surface area contributed by atoms with E-state index < -0.39 is 5.97 Å². The van der Waals surface area contributed by atoms with E-state index in [1.165, 1.54) is 7.11 Å². The predicted octanol–water partition coefficient (Wildman–Crippen LogP) is 1.40. The molecule has 0 spiro atoms. The lowest BCUT2D eigenvalue weighted by Gasteiger charge is -2.16. The molecule has 1 aliphatic rings. The zero-order valence-electron chi connectivity index (χ0n) is 17.6. The van der Waals surface area contributed by atoms with Crippen LogP contribution in [0.15, 0.2) is 10.5 Å². The van der Waals surface area contributed by atoms with E-state index in [0.717, 1.165) is 17.7 Å². The number of likely N-dealkylation sites (tertiary alicyclic amines) is 1. The standard InChI is InChI=1S/C19H25N5O6S/c1-28-12-4-6-24(10-12)19(27)13-8-11(5-7-31-3)15(23-22-13)16-21-18(29-2)17(30-16)20-9-14(25)26/h8,12,20H,4-7,9-10H2,1-3H3,(H,25,26). The van der Waals surface area contributed by atoms with Gasteiger partial charge in [0, 0.05) is 20.2 Å². The molecule has 0 radical (unpaired) electrons. The number of hydrogen-bond donors (Lipinski definition) is 2. The number of amides is 1. The van der Waals surface area contributed by atoms with Crippen LogP contribution in [0.2, 0.25) is 0 Å². The van der Waals surface area contributed by atoms with Crippen LogP contribution >= 0.6 is 11.8 Å². The van der Waals surface area contributed by atoms with E-state index in [9.17, 15) is 9.59 Å². The molecule has 168 valence electrons. The molecule has 2 N–H and O–H groups in total. The number of thioether (sulfide) groups is 1. The number of carboxylic acid groups (broad SMARTS) is 1. The van der Waals surface area contributed by atoms with Crippen molar-refractivity contribution in [1.29, 1.82) is 0 Å². The Morgan fingerprint density at radius 1 is 1.39 bits per heavy atom. The molecule has 1 unspecified atom stereocenters. The summed E-state index contributed by atoms with van der Waals surface area (Å²) in [5.74, 6) is -0.132. The van der Waals surface area contributed by atoms with Gasteiger partial charge in [-0.25, -0.2) is 0 Å². The molecule has 11 nitrogen and oxygen atoms in total. The van der Waals surface area contributed by atoms with Gasteiger partial charge in [0.05, 0.1) is 13.2 Å². The summed E-state index contributed by atoms with van der Waals surface area (Å²) < 4.78 is 16.2. The molecule has 1 atom stereocenters. The van der Waals surface area contributed by atoms with Gasteiger partial charge in [0.25, 0.3) is 23.6 Å². The quantitative estimate of drug-likeness (QED) is 0.541. The Hall–Kier alpha value is -2.86. The number of aliphatic carboxylic acids is 1. The molecule has 0 aliphatic carbocycles. The molecule has 0 saturated carbocycles. The van der Waals surface area contributed by atoms with Crippen LogP contribution in [0.25, 0.3) is 11.6 Å². The normalized spacial score (nSPS) is 15.8. The van der Waals surface area contributed by atoms with Gasteiger partial charge in [0.15, 0.2) is 11.4 Å². The fourth-order valence-corrected chi connectivity index (χ4v) is 3.62. The number of oxazole rings is 1. The smallest absolute Gasteiger partial charge is 0.322 e. The van der Waals surface area contributed by atoms with E-state index in [2.05, 4.69) is 20.5 Å². The van der Waals surface area contributed by atoms with Gasteiger partial charge in [-0.15, -0.1) is 10.2 Å². The molecule has 2 aromatic rings. The van der Waals surface area contributed by atoms with Crippen molar-refractivity contribution in [3.63, 3.8) is 0 Å².